The van der Waals surface area contributed by atoms with Crippen LogP contribution in [-0.2, 0) is 0 Å². The summed E-state index contributed by atoms with van der Waals surface area (Å²) in [6.07, 6.45) is 0. The maximum absolute atomic E-state index is 6.73. The number of nitrogens with zero attached hydrogens (tertiary/aromatic N) is 6. The number of fused-ring (bicyclic) bond motifs is 3. The van der Waals surface area contributed by atoms with Crippen LogP contribution >= 0.6 is 0 Å². The Balaban J connectivity index is 1.16. The summed E-state index contributed by atoms with van der Waals surface area (Å²) in [6, 6.07) is 60.7. The molecule has 0 aliphatic heterocycles. The standard InChI is InChI=1S/C48H30N6O/c1-5-16-31(17-6-1)35-24-13-25-36(30-35)46-50-45(34-22-11-4-12-23-34)53-48(54-46)39-28-14-26-37-41-38(27-15-29-40(41)55-42(37)39)47-51-43(32-18-7-2-8-19-32)49-44(52-47)33-20-9-3-10-21-33/h1-30H. The smallest absolute Gasteiger partial charge is 0.167 e. The van der Waals surface area contributed by atoms with Crippen LogP contribution < -0.4 is 0 Å². The maximum Gasteiger partial charge on any atom is 0.167 e. The predicted molar refractivity (Wildman–Crippen MR) is 219 cm³/mol. The van der Waals surface area contributed by atoms with Gasteiger partial charge in [-0.25, -0.2) is 29.9 Å². The quantitative estimate of drug-likeness (QED) is 0.163. The zero-order chi connectivity index (χ0) is 36.6. The lowest BCUT2D eigenvalue weighted by Gasteiger charge is -2.10. The highest BCUT2D eigenvalue weighted by atomic mass is 16.3. The molecule has 7 aromatic carbocycles. The first kappa shape index (κ1) is 32.0. The van der Waals surface area contributed by atoms with Crippen molar-refractivity contribution in [2.24, 2.45) is 0 Å². The monoisotopic (exact) mass is 706 g/mol. The van der Waals surface area contributed by atoms with Gasteiger partial charge in [0, 0.05) is 38.6 Å². The Morgan fingerprint density at radius 3 is 1.25 bits per heavy atom. The number of para-hydroxylation sites is 1. The molecule has 7 nitrogen and oxygen atoms in total. The van der Waals surface area contributed by atoms with E-state index in [1.54, 1.807) is 0 Å². The van der Waals surface area contributed by atoms with Crippen LogP contribution in [0.5, 0.6) is 0 Å². The summed E-state index contributed by atoms with van der Waals surface area (Å²) in [6.45, 7) is 0. The van der Waals surface area contributed by atoms with Gasteiger partial charge in [0.1, 0.15) is 11.2 Å². The summed E-state index contributed by atoms with van der Waals surface area (Å²) in [5.41, 5.74) is 8.76. The molecule has 10 rings (SSSR count). The molecule has 258 valence electrons. The molecule has 10 aromatic rings. The van der Waals surface area contributed by atoms with Crippen LogP contribution in [0.15, 0.2) is 186 Å². The molecule has 55 heavy (non-hydrogen) atoms. The summed E-state index contributed by atoms with van der Waals surface area (Å²) in [4.78, 5) is 30.2. The Morgan fingerprint density at radius 2 is 0.691 bits per heavy atom. The van der Waals surface area contributed by atoms with Crippen molar-refractivity contribution in [1.82, 2.24) is 29.9 Å². The van der Waals surface area contributed by atoms with Crippen molar-refractivity contribution in [3.8, 4) is 79.5 Å². The maximum atomic E-state index is 6.73. The van der Waals surface area contributed by atoms with Gasteiger partial charge >= 0.3 is 0 Å². The highest BCUT2D eigenvalue weighted by Crippen LogP contribution is 2.40. The van der Waals surface area contributed by atoms with E-state index in [4.69, 9.17) is 34.3 Å². The fraction of sp³-hybridized carbons (Fsp3) is 0. The zero-order valence-electron chi connectivity index (χ0n) is 29.4. The van der Waals surface area contributed by atoms with Gasteiger partial charge in [-0.3, -0.25) is 0 Å². The van der Waals surface area contributed by atoms with Gasteiger partial charge < -0.3 is 4.42 Å². The lowest BCUT2D eigenvalue weighted by atomic mass is 10.0. The molecule has 0 unspecified atom stereocenters. The van der Waals surface area contributed by atoms with Crippen LogP contribution in [0, 0.1) is 0 Å². The molecule has 7 heteroatoms. The molecule has 3 aromatic heterocycles. The van der Waals surface area contributed by atoms with Crippen LogP contribution in [0.25, 0.3) is 101 Å². The van der Waals surface area contributed by atoms with E-state index in [9.17, 15) is 0 Å². The fourth-order valence-electron chi connectivity index (χ4n) is 6.95. The molecular formula is C48H30N6O. The van der Waals surface area contributed by atoms with Gasteiger partial charge in [-0.2, -0.15) is 0 Å². The minimum absolute atomic E-state index is 0.512. The number of hydrogen-bond donors (Lipinski definition) is 0. The normalized spacial score (nSPS) is 11.3. The van der Waals surface area contributed by atoms with Gasteiger partial charge in [-0.1, -0.05) is 164 Å². The van der Waals surface area contributed by atoms with Crippen molar-refractivity contribution in [1.29, 1.82) is 0 Å². The first-order chi connectivity index (χ1) is 27.2. The molecule has 0 radical (unpaired) electrons. The molecular weight excluding hydrogens is 677 g/mol. The lowest BCUT2D eigenvalue weighted by Crippen LogP contribution is -2.00. The molecule has 0 atom stereocenters. The molecule has 0 N–H and O–H groups in total. The molecule has 0 saturated carbocycles. The van der Waals surface area contributed by atoms with Crippen LogP contribution in [-0.4, -0.2) is 29.9 Å². The molecule has 0 aliphatic rings. The van der Waals surface area contributed by atoms with Crippen molar-refractivity contribution in [2.75, 3.05) is 0 Å². The number of hydrogen-bond acceptors (Lipinski definition) is 7. The van der Waals surface area contributed by atoms with Crippen molar-refractivity contribution < 1.29 is 4.42 Å². The van der Waals surface area contributed by atoms with Gasteiger partial charge in [-0.05, 0) is 29.3 Å². The van der Waals surface area contributed by atoms with Crippen molar-refractivity contribution >= 4 is 21.9 Å². The Morgan fingerprint density at radius 1 is 0.291 bits per heavy atom. The summed E-state index contributed by atoms with van der Waals surface area (Å²) >= 11 is 0. The molecule has 0 aliphatic carbocycles. The highest BCUT2D eigenvalue weighted by molar-refractivity contribution is 6.14. The molecule has 0 amide bonds. The second-order valence-electron chi connectivity index (χ2n) is 13.1. The third-order valence-corrected chi connectivity index (χ3v) is 9.60. The second-order valence-corrected chi connectivity index (χ2v) is 13.1. The van der Waals surface area contributed by atoms with Gasteiger partial charge in [-0.15, -0.1) is 0 Å². The Labute approximate surface area is 316 Å². The number of furan rings is 1. The minimum Gasteiger partial charge on any atom is -0.455 e. The minimum atomic E-state index is 0.512. The van der Waals surface area contributed by atoms with Crippen LogP contribution in [0.2, 0.25) is 0 Å². The molecule has 0 fully saturated rings. The van der Waals surface area contributed by atoms with Crippen molar-refractivity contribution in [3.05, 3.63) is 182 Å². The Kier molecular flexibility index (Phi) is 8.00. The molecule has 0 saturated heterocycles. The molecule has 0 spiro atoms. The van der Waals surface area contributed by atoms with Crippen molar-refractivity contribution in [2.45, 2.75) is 0 Å². The van der Waals surface area contributed by atoms with Crippen LogP contribution in [0.4, 0.5) is 0 Å². The first-order valence-electron chi connectivity index (χ1n) is 18.0. The topological polar surface area (TPSA) is 90.5 Å². The van der Waals surface area contributed by atoms with E-state index in [2.05, 4.69) is 30.3 Å². The third kappa shape index (κ3) is 6.09. The Bertz CT molecular complexity index is 2910. The number of rotatable bonds is 7. The third-order valence-electron chi connectivity index (χ3n) is 9.60. The van der Waals surface area contributed by atoms with E-state index >= 15 is 0 Å². The highest BCUT2D eigenvalue weighted by Gasteiger charge is 2.21. The number of aromatic nitrogens is 6. The zero-order valence-corrected chi connectivity index (χ0v) is 29.4. The van der Waals surface area contributed by atoms with Crippen molar-refractivity contribution in [3.63, 3.8) is 0 Å². The van der Waals surface area contributed by atoms with Gasteiger partial charge in [0.2, 0.25) is 0 Å². The van der Waals surface area contributed by atoms with E-state index in [0.717, 1.165) is 55.3 Å². The van der Waals surface area contributed by atoms with Gasteiger partial charge in [0.15, 0.2) is 34.9 Å². The average molecular weight is 707 g/mol. The SMILES string of the molecule is c1ccc(-c2cccc(-c3nc(-c4ccccc4)nc(-c4cccc5c4oc4cccc(-c6nc(-c7ccccc7)nc(-c7ccccc7)n6)c45)n3)c2)cc1. The lowest BCUT2D eigenvalue weighted by molar-refractivity contribution is 0.669. The average Bonchev–Trinajstić information content (AvgIpc) is 3.67. The van der Waals surface area contributed by atoms with Gasteiger partial charge in [0.05, 0.1) is 5.56 Å². The van der Waals surface area contributed by atoms with E-state index in [-0.39, 0.29) is 0 Å². The first-order valence-corrected chi connectivity index (χ1v) is 18.0. The van der Waals surface area contributed by atoms with E-state index < -0.39 is 0 Å². The predicted octanol–water partition coefficient (Wildman–Crippen LogP) is 11.6. The summed E-state index contributed by atoms with van der Waals surface area (Å²) in [5, 5.41) is 1.80. The van der Waals surface area contributed by atoms with E-state index in [0.29, 0.717) is 46.1 Å². The molecule has 3 heterocycles. The summed E-state index contributed by atoms with van der Waals surface area (Å²) < 4.78 is 6.73. The fourth-order valence-corrected chi connectivity index (χ4v) is 6.95. The summed E-state index contributed by atoms with van der Waals surface area (Å²) in [7, 11) is 0. The second kappa shape index (κ2) is 13.7. The number of benzene rings is 7. The van der Waals surface area contributed by atoms with Crippen LogP contribution in [0.1, 0.15) is 0 Å². The summed E-state index contributed by atoms with van der Waals surface area (Å²) in [5.74, 6) is 3.40. The Hall–Kier alpha value is -7.64. The molecule has 0 bridgehead atoms. The largest absolute Gasteiger partial charge is 0.455 e. The van der Waals surface area contributed by atoms with E-state index in [1.165, 1.54) is 0 Å². The van der Waals surface area contributed by atoms with Gasteiger partial charge in [0.25, 0.3) is 0 Å². The van der Waals surface area contributed by atoms with E-state index in [1.807, 2.05) is 152 Å². The van der Waals surface area contributed by atoms with Crippen LogP contribution in [0.3, 0.4) is 0 Å².